The number of aliphatic hydroxyl groups is 1. The van der Waals surface area contributed by atoms with Crippen LogP contribution in [0.5, 0.6) is 0 Å². The van der Waals surface area contributed by atoms with Crippen molar-refractivity contribution in [1.29, 1.82) is 0 Å². The normalized spacial score (nSPS) is 12.6. The van der Waals surface area contributed by atoms with Crippen LogP contribution in [-0.4, -0.2) is 38.4 Å². The van der Waals surface area contributed by atoms with E-state index in [-0.39, 0.29) is 6.61 Å². The molecule has 1 unspecified atom stereocenters. The third-order valence-electron chi connectivity index (χ3n) is 3.11. The highest BCUT2D eigenvalue weighted by Gasteiger charge is 2.11. The molecule has 0 fully saturated rings. The van der Waals surface area contributed by atoms with Gasteiger partial charge in [0.1, 0.15) is 5.82 Å². The van der Waals surface area contributed by atoms with Crippen molar-refractivity contribution in [2.24, 2.45) is 11.8 Å². The second-order valence-electron chi connectivity index (χ2n) is 4.34. The van der Waals surface area contributed by atoms with Crippen molar-refractivity contribution in [3.8, 4) is 0 Å². The summed E-state index contributed by atoms with van der Waals surface area (Å²) in [7, 11) is 0. The number of rotatable bonds is 7. The fraction of sp³-hybridized carbons (Fsp3) is 0.545. The van der Waals surface area contributed by atoms with E-state index >= 15 is 0 Å². The van der Waals surface area contributed by atoms with Crippen LogP contribution in [0.15, 0.2) is 6.20 Å². The number of fused-ring (bicyclic) bond motifs is 1. The first kappa shape index (κ1) is 13.5. The minimum absolute atomic E-state index is 0.195. The summed E-state index contributed by atoms with van der Waals surface area (Å²) in [6.45, 7) is 3.03. The molecular weight excluding hydrogens is 246 g/mol. The average Bonchev–Trinajstić information content (AvgIpc) is 2.91. The molecule has 2 rings (SSSR count). The summed E-state index contributed by atoms with van der Waals surface area (Å²) >= 11 is 0. The predicted octanol–water partition coefficient (Wildman–Crippen LogP) is 0.459. The molecule has 0 aliphatic carbocycles. The molecule has 0 aliphatic rings. The zero-order valence-corrected chi connectivity index (χ0v) is 10.8. The zero-order chi connectivity index (χ0) is 13.7. The molecule has 8 nitrogen and oxygen atoms in total. The van der Waals surface area contributed by atoms with E-state index in [9.17, 15) is 0 Å². The van der Waals surface area contributed by atoms with Crippen LogP contribution in [-0.2, 0) is 0 Å². The molecule has 1 atom stereocenters. The van der Waals surface area contributed by atoms with E-state index in [0.29, 0.717) is 23.3 Å². The van der Waals surface area contributed by atoms with E-state index < -0.39 is 0 Å². The average molecular weight is 265 g/mol. The number of nitrogens with zero attached hydrogens (tertiary/aromatic N) is 3. The Morgan fingerprint density at radius 2 is 2.32 bits per heavy atom. The summed E-state index contributed by atoms with van der Waals surface area (Å²) in [5.41, 5.74) is 3.05. The van der Waals surface area contributed by atoms with Gasteiger partial charge in [-0.25, -0.2) is 5.84 Å². The second kappa shape index (κ2) is 6.30. The highest BCUT2D eigenvalue weighted by atomic mass is 16.3. The van der Waals surface area contributed by atoms with Crippen LogP contribution in [0.4, 0.5) is 11.8 Å². The molecule has 0 saturated heterocycles. The molecule has 2 aromatic heterocycles. The number of nitrogens with two attached hydrogens (primary N) is 1. The van der Waals surface area contributed by atoms with Crippen molar-refractivity contribution in [1.82, 2.24) is 20.2 Å². The maximum atomic E-state index is 8.99. The van der Waals surface area contributed by atoms with Crippen LogP contribution < -0.4 is 16.6 Å². The van der Waals surface area contributed by atoms with Crippen molar-refractivity contribution >= 4 is 22.8 Å². The summed E-state index contributed by atoms with van der Waals surface area (Å²) in [4.78, 5) is 8.43. The highest BCUT2D eigenvalue weighted by molar-refractivity contribution is 5.86. The summed E-state index contributed by atoms with van der Waals surface area (Å²) < 4.78 is 0. The quantitative estimate of drug-likeness (QED) is 0.364. The van der Waals surface area contributed by atoms with Gasteiger partial charge >= 0.3 is 0 Å². The lowest BCUT2D eigenvalue weighted by Gasteiger charge is -2.15. The number of nitrogen functional groups attached to an aromatic ring is 1. The Morgan fingerprint density at radius 1 is 1.47 bits per heavy atom. The second-order valence-corrected chi connectivity index (χ2v) is 4.34. The number of nitrogens with one attached hydrogen (secondary N) is 3. The highest BCUT2D eigenvalue weighted by Crippen LogP contribution is 2.20. The minimum atomic E-state index is 0.195. The number of aromatic nitrogens is 4. The Balaban J connectivity index is 2.16. The lowest BCUT2D eigenvalue weighted by atomic mass is 10.0. The van der Waals surface area contributed by atoms with Gasteiger partial charge in [0.2, 0.25) is 5.95 Å². The van der Waals surface area contributed by atoms with Gasteiger partial charge in [-0.05, 0) is 12.3 Å². The number of anilines is 2. The number of hydrogen-bond acceptors (Lipinski definition) is 7. The SMILES string of the molecule is CCC(CCO)CNc1nc(NN)nc2[nH]ncc12. The lowest BCUT2D eigenvalue weighted by Crippen LogP contribution is -2.17. The smallest absolute Gasteiger partial charge is 0.241 e. The molecule has 104 valence electrons. The van der Waals surface area contributed by atoms with Crippen LogP contribution in [0.3, 0.4) is 0 Å². The maximum Gasteiger partial charge on any atom is 0.241 e. The van der Waals surface area contributed by atoms with E-state index in [2.05, 4.69) is 37.8 Å². The molecule has 8 heteroatoms. The molecule has 0 spiro atoms. The largest absolute Gasteiger partial charge is 0.396 e. The first-order valence-electron chi connectivity index (χ1n) is 6.31. The van der Waals surface area contributed by atoms with E-state index in [1.165, 1.54) is 0 Å². The van der Waals surface area contributed by atoms with Gasteiger partial charge in [0.15, 0.2) is 5.65 Å². The third kappa shape index (κ3) is 3.09. The van der Waals surface area contributed by atoms with E-state index in [4.69, 9.17) is 10.9 Å². The van der Waals surface area contributed by atoms with Gasteiger partial charge in [-0.3, -0.25) is 10.5 Å². The Kier molecular flexibility index (Phi) is 4.48. The third-order valence-corrected chi connectivity index (χ3v) is 3.11. The van der Waals surface area contributed by atoms with Crippen LogP contribution in [0.1, 0.15) is 19.8 Å². The summed E-state index contributed by atoms with van der Waals surface area (Å²) in [6, 6.07) is 0. The predicted molar refractivity (Wildman–Crippen MR) is 73.5 cm³/mol. The standard InChI is InChI=1S/C11H19N7O/c1-2-7(3-4-19)5-13-9-8-6-14-18-10(8)16-11(15-9)17-12/h6-7,19H,2-5,12H2,1H3,(H3,13,14,15,16,17,18). The Labute approximate surface area is 110 Å². The molecule has 2 heterocycles. The van der Waals surface area contributed by atoms with Crippen molar-refractivity contribution in [3.63, 3.8) is 0 Å². The molecule has 6 N–H and O–H groups in total. The zero-order valence-electron chi connectivity index (χ0n) is 10.8. The summed E-state index contributed by atoms with van der Waals surface area (Å²) in [5, 5.41) is 19.8. The Hall–Kier alpha value is -1.93. The van der Waals surface area contributed by atoms with Crippen molar-refractivity contribution in [2.45, 2.75) is 19.8 Å². The number of hydrogen-bond donors (Lipinski definition) is 5. The van der Waals surface area contributed by atoms with E-state index in [1.807, 2.05) is 0 Å². The summed E-state index contributed by atoms with van der Waals surface area (Å²) in [6.07, 6.45) is 3.44. The minimum Gasteiger partial charge on any atom is -0.396 e. The number of hydrazine groups is 1. The number of aromatic amines is 1. The molecule has 19 heavy (non-hydrogen) atoms. The fourth-order valence-electron chi connectivity index (χ4n) is 1.91. The molecule has 0 bridgehead atoms. The maximum absolute atomic E-state index is 8.99. The Morgan fingerprint density at radius 3 is 3.00 bits per heavy atom. The van der Waals surface area contributed by atoms with E-state index in [1.54, 1.807) is 6.20 Å². The van der Waals surface area contributed by atoms with Crippen LogP contribution in [0.25, 0.3) is 11.0 Å². The lowest BCUT2D eigenvalue weighted by molar-refractivity contribution is 0.258. The monoisotopic (exact) mass is 265 g/mol. The topological polar surface area (TPSA) is 125 Å². The van der Waals surface area contributed by atoms with Crippen molar-refractivity contribution in [3.05, 3.63) is 6.20 Å². The molecule has 0 amide bonds. The molecule has 2 aromatic rings. The van der Waals surface area contributed by atoms with Crippen LogP contribution >= 0.6 is 0 Å². The van der Waals surface area contributed by atoms with Gasteiger partial charge in [-0.2, -0.15) is 15.1 Å². The number of H-pyrrole nitrogens is 1. The summed E-state index contributed by atoms with van der Waals surface area (Å²) in [5.74, 6) is 6.75. The molecule has 0 aliphatic heterocycles. The van der Waals surface area contributed by atoms with Crippen molar-refractivity contribution in [2.75, 3.05) is 23.9 Å². The first-order chi connectivity index (χ1) is 9.28. The Bertz CT molecular complexity index is 527. The van der Waals surface area contributed by atoms with Gasteiger partial charge in [0, 0.05) is 13.2 Å². The van der Waals surface area contributed by atoms with Crippen molar-refractivity contribution < 1.29 is 5.11 Å². The molecule has 0 saturated carbocycles. The van der Waals surface area contributed by atoms with Gasteiger partial charge in [-0.1, -0.05) is 13.3 Å². The molecule has 0 aromatic carbocycles. The van der Waals surface area contributed by atoms with Gasteiger partial charge in [0.05, 0.1) is 11.6 Å². The fourth-order valence-corrected chi connectivity index (χ4v) is 1.91. The van der Waals surface area contributed by atoms with Gasteiger partial charge in [-0.15, -0.1) is 0 Å². The first-order valence-corrected chi connectivity index (χ1v) is 6.31. The van der Waals surface area contributed by atoms with Crippen LogP contribution in [0, 0.1) is 5.92 Å². The molecule has 0 radical (unpaired) electrons. The number of aliphatic hydroxyl groups excluding tert-OH is 1. The van der Waals surface area contributed by atoms with Gasteiger partial charge in [0.25, 0.3) is 0 Å². The van der Waals surface area contributed by atoms with E-state index in [0.717, 1.165) is 24.8 Å². The van der Waals surface area contributed by atoms with Gasteiger partial charge < -0.3 is 10.4 Å². The van der Waals surface area contributed by atoms with Crippen LogP contribution in [0.2, 0.25) is 0 Å². The molecular formula is C11H19N7O.